The number of amides is 2. The van der Waals surface area contributed by atoms with Crippen molar-refractivity contribution in [2.45, 2.75) is 0 Å². The summed E-state index contributed by atoms with van der Waals surface area (Å²) in [7, 11) is 4.42. The van der Waals surface area contributed by atoms with Crippen molar-refractivity contribution < 1.29 is 23.8 Å². The maximum Gasteiger partial charge on any atom is 0.270 e. The fourth-order valence-corrected chi connectivity index (χ4v) is 3.26. The molecule has 114 valence electrons. The van der Waals surface area contributed by atoms with Gasteiger partial charge in [0.25, 0.3) is 11.8 Å². The molecule has 0 N–H and O–H groups in total. The average molecular weight is 319 g/mol. The number of carbonyl (C=O) groups excluding carboxylic acids is 2. The number of anilines is 1. The molecule has 6 nitrogen and oxygen atoms in total. The Morgan fingerprint density at radius 1 is 0.955 bits per heavy atom. The Morgan fingerprint density at radius 3 is 2.32 bits per heavy atom. The van der Waals surface area contributed by atoms with Crippen LogP contribution in [0.1, 0.15) is 20.7 Å². The number of rotatable bonds is 4. The van der Waals surface area contributed by atoms with E-state index in [0.29, 0.717) is 27.8 Å². The van der Waals surface area contributed by atoms with Crippen molar-refractivity contribution in [2.24, 2.45) is 0 Å². The topological polar surface area (TPSA) is 65.1 Å². The number of fused-ring (bicyclic) bond motifs is 1. The maximum absolute atomic E-state index is 12.7. The Bertz CT molecular complexity index is 746. The fraction of sp³-hybridized carbons (Fsp3) is 0.200. The number of benzene rings is 1. The highest BCUT2D eigenvalue weighted by Crippen LogP contribution is 2.47. The van der Waals surface area contributed by atoms with E-state index >= 15 is 0 Å². The fourth-order valence-electron chi connectivity index (χ4n) is 2.44. The van der Waals surface area contributed by atoms with E-state index in [1.54, 1.807) is 23.6 Å². The molecule has 0 radical (unpaired) electrons. The van der Waals surface area contributed by atoms with Crippen LogP contribution in [-0.2, 0) is 0 Å². The third-order valence-corrected chi connectivity index (χ3v) is 4.33. The zero-order chi connectivity index (χ0) is 15.9. The third-order valence-electron chi connectivity index (χ3n) is 3.43. The second-order valence-electron chi connectivity index (χ2n) is 4.47. The Morgan fingerprint density at radius 2 is 1.68 bits per heavy atom. The van der Waals surface area contributed by atoms with Gasteiger partial charge in [0.1, 0.15) is 11.4 Å². The lowest BCUT2D eigenvalue weighted by molar-refractivity contribution is 0.0923. The van der Waals surface area contributed by atoms with Gasteiger partial charge in [-0.05, 0) is 12.1 Å². The number of nitrogens with zero attached hydrogens (tertiary/aromatic N) is 1. The molecular weight excluding hydrogens is 306 g/mol. The quantitative estimate of drug-likeness (QED) is 0.810. The van der Waals surface area contributed by atoms with Crippen molar-refractivity contribution in [1.82, 2.24) is 0 Å². The Balaban J connectivity index is 2.18. The number of hydrogen-bond donors (Lipinski definition) is 0. The number of ether oxygens (including phenoxy) is 3. The lowest BCUT2D eigenvalue weighted by Gasteiger charge is -2.15. The first-order valence-electron chi connectivity index (χ1n) is 6.39. The Labute approximate surface area is 130 Å². The van der Waals surface area contributed by atoms with Gasteiger partial charge in [-0.25, -0.2) is 4.90 Å². The predicted octanol–water partition coefficient (Wildman–Crippen LogP) is 2.57. The minimum atomic E-state index is -0.451. The maximum atomic E-state index is 12.7. The van der Waals surface area contributed by atoms with Gasteiger partial charge >= 0.3 is 0 Å². The number of hydrogen-bond acceptors (Lipinski definition) is 6. The van der Waals surface area contributed by atoms with Crippen molar-refractivity contribution in [3.05, 3.63) is 34.7 Å². The third kappa shape index (κ3) is 1.86. The summed E-state index contributed by atoms with van der Waals surface area (Å²) in [5, 5.41) is 2.12. The summed E-state index contributed by atoms with van der Waals surface area (Å²) in [6, 6.07) is 4.92. The van der Waals surface area contributed by atoms with E-state index in [4.69, 9.17) is 14.2 Å². The van der Waals surface area contributed by atoms with Crippen LogP contribution in [0.4, 0.5) is 5.69 Å². The van der Waals surface area contributed by atoms with Crippen LogP contribution >= 0.6 is 11.3 Å². The van der Waals surface area contributed by atoms with Gasteiger partial charge in [-0.3, -0.25) is 9.59 Å². The largest absolute Gasteiger partial charge is 0.496 e. The molecule has 0 aliphatic carbocycles. The monoisotopic (exact) mass is 319 g/mol. The molecule has 3 rings (SSSR count). The molecule has 0 saturated heterocycles. The zero-order valence-corrected chi connectivity index (χ0v) is 13.0. The van der Waals surface area contributed by atoms with Gasteiger partial charge in [-0.15, -0.1) is 11.3 Å². The minimum absolute atomic E-state index is 0.255. The predicted molar refractivity (Wildman–Crippen MR) is 81.6 cm³/mol. The molecule has 2 aromatic rings. The zero-order valence-electron chi connectivity index (χ0n) is 12.2. The van der Waals surface area contributed by atoms with Crippen molar-refractivity contribution in [2.75, 3.05) is 26.2 Å². The summed E-state index contributed by atoms with van der Waals surface area (Å²) in [6.45, 7) is 0. The van der Waals surface area contributed by atoms with Gasteiger partial charge in [0.05, 0.1) is 32.5 Å². The molecule has 0 saturated carbocycles. The second-order valence-corrected chi connectivity index (χ2v) is 5.32. The molecule has 0 fully saturated rings. The molecule has 0 spiro atoms. The molecule has 1 aliphatic rings. The minimum Gasteiger partial charge on any atom is -0.496 e. The van der Waals surface area contributed by atoms with Gasteiger partial charge in [-0.1, -0.05) is 6.07 Å². The molecule has 0 bridgehead atoms. The van der Waals surface area contributed by atoms with Crippen LogP contribution in [0.2, 0.25) is 0 Å². The molecule has 0 unspecified atom stereocenters. The Hall–Kier alpha value is -2.54. The summed E-state index contributed by atoms with van der Waals surface area (Å²) in [4.78, 5) is 26.5. The van der Waals surface area contributed by atoms with E-state index in [1.165, 1.54) is 32.7 Å². The van der Waals surface area contributed by atoms with E-state index in [2.05, 4.69) is 0 Å². The van der Waals surface area contributed by atoms with Crippen molar-refractivity contribution in [3.63, 3.8) is 0 Å². The normalized spacial score (nSPS) is 13.3. The number of imide groups is 1. The molecule has 1 aliphatic heterocycles. The molecule has 22 heavy (non-hydrogen) atoms. The van der Waals surface area contributed by atoms with E-state index in [0.717, 1.165) is 4.90 Å². The van der Waals surface area contributed by atoms with Crippen LogP contribution in [0, 0.1) is 0 Å². The molecular formula is C15H13NO5S. The molecule has 1 aromatic carbocycles. The average Bonchev–Trinajstić information content (AvgIpc) is 3.06. The van der Waals surface area contributed by atoms with E-state index < -0.39 is 11.8 Å². The van der Waals surface area contributed by atoms with Crippen molar-refractivity contribution in [1.29, 1.82) is 0 Å². The SMILES string of the molecule is COc1cccc2c1C(=O)N(c1c(OC)csc1OC)C2=O. The van der Waals surface area contributed by atoms with Gasteiger partial charge in [0.2, 0.25) is 5.06 Å². The second kappa shape index (κ2) is 5.34. The Kier molecular flexibility index (Phi) is 3.50. The smallest absolute Gasteiger partial charge is 0.270 e. The van der Waals surface area contributed by atoms with E-state index in [9.17, 15) is 9.59 Å². The summed E-state index contributed by atoms with van der Waals surface area (Å²) < 4.78 is 15.7. The number of carbonyl (C=O) groups is 2. The number of methoxy groups -OCH3 is 3. The van der Waals surface area contributed by atoms with Crippen LogP contribution in [0.25, 0.3) is 0 Å². The van der Waals surface area contributed by atoms with Crippen LogP contribution in [-0.4, -0.2) is 33.1 Å². The highest BCUT2D eigenvalue weighted by atomic mass is 32.1. The lowest BCUT2D eigenvalue weighted by Crippen LogP contribution is -2.29. The van der Waals surface area contributed by atoms with Gasteiger partial charge in [0.15, 0.2) is 5.75 Å². The van der Waals surface area contributed by atoms with Crippen LogP contribution in [0.15, 0.2) is 23.6 Å². The first-order valence-corrected chi connectivity index (χ1v) is 7.27. The molecule has 2 amide bonds. The van der Waals surface area contributed by atoms with Gasteiger partial charge in [0, 0.05) is 5.38 Å². The molecule has 1 aromatic heterocycles. The number of thiophene rings is 1. The summed E-state index contributed by atoms with van der Waals surface area (Å²) in [5.74, 6) is -0.0943. The first-order chi connectivity index (χ1) is 10.6. The standard InChI is InChI=1S/C15H13NO5S/c1-19-9-6-4-5-8-11(9)14(18)16(13(8)17)12-10(20-2)7-22-15(12)21-3/h4-7H,1-3H3. The highest BCUT2D eigenvalue weighted by Gasteiger charge is 2.42. The van der Waals surface area contributed by atoms with Crippen molar-refractivity contribution >= 4 is 28.8 Å². The summed E-state index contributed by atoms with van der Waals surface area (Å²) >= 11 is 1.26. The molecule has 2 heterocycles. The van der Waals surface area contributed by atoms with Crippen LogP contribution in [0.3, 0.4) is 0 Å². The summed E-state index contributed by atoms with van der Waals surface area (Å²) in [6.07, 6.45) is 0. The molecule has 0 atom stereocenters. The molecule has 7 heteroatoms. The highest BCUT2D eigenvalue weighted by molar-refractivity contribution is 7.13. The van der Waals surface area contributed by atoms with Gasteiger partial charge in [-0.2, -0.15) is 0 Å². The van der Waals surface area contributed by atoms with Crippen molar-refractivity contribution in [3.8, 4) is 16.6 Å². The van der Waals surface area contributed by atoms with Crippen LogP contribution in [0.5, 0.6) is 16.6 Å². The van der Waals surface area contributed by atoms with Gasteiger partial charge < -0.3 is 14.2 Å². The van der Waals surface area contributed by atoms with Crippen LogP contribution < -0.4 is 19.1 Å². The summed E-state index contributed by atoms with van der Waals surface area (Å²) in [5.41, 5.74) is 0.883. The lowest BCUT2D eigenvalue weighted by atomic mass is 10.1. The van der Waals surface area contributed by atoms with E-state index in [1.807, 2.05) is 0 Å². The first kappa shape index (κ1) is 14.4. The van der Waals surface area contributed by atoms with E-state index in [-0.39, 0.29) is 5.56 Å².